The van der Waals surface area contributed by atoms with Gasteiger partial charge in [-0.3, -0.25) is 24.2 Å². The predicted octanol–water partition coefficient (Wildman–Crippen LogP) is 2.23. The molecule has 4 aliphatic rings. The van der Waals surface area contributed by atoms with Gasteiger partial charge in [0, 0.05) is 18.0 Å². The fourth-order valence-corrected chi connectivity index (χ4v) is 7.50. The predicted molar refractivity (Wildman–Crippen MR) is 154 cm³/mol. The number of likely N-dealkylation sites (N-methyl/N-ethyl adjacent to an activating group) is 1. The van der Waals surface area contributed by atoms with Crippen molar-refractivity contribution in [2.24, 2.45) is 17.6 Å². The fourth-order valence-electron chi connectivity index (χ4n) is 7.50. The Hall–Kier alpha value is -3.99. The van der Waals surface area contributed by atoms with Crippen molar-refractivity contribution in [2.75, 3.05) is 27.2 Å². The second kappa shape index (κ2) is 10.1. The van der Waals surface area contributed by atoms with Crippen LogP contribution in [0.4, 0.5) is 0 Å². The molecule has 1 aliphatic heterocycles. The largest absolute Gasteiger partial charge is 0.508 e. The molecule has 1 saturated carbocycles. The first-order valence-electron chi connectivity index (χ1n) is 14.3. The maximum atomic E-state index is 14.0. The zero-order chi connectivity index (χ0) is 30.1. The number of carbonyl (C=O) groups excluding carboxylic acids is 3. The number of phenols is 1. The van der Waals surface area contributed by atoms with Crippen molar-refractivity contribution >= 4 is 23.2 Å². The molecule has 0 radical (unpaired) electrons. The van der Waals surface area contributed by atoms with Crippen molar-refractivity contribution < 1.29 is 34.8 Å². The number of benzene rings is 2. The van der Waals surface area contributed by atoms with E-state index in [4.69, 9.17) is 5.73 Å². The summed E-state index contributed by atoms with van der Waals surface area (Å²) in [7, 11) is 3.16. The van der Waals surface area contributed by atoms with E-state index in [0.717, 1.165) is 30.8 Å². The van der Waals surface area contributed by atoms with Gasteiger partial charge in [-0.1, -0.05) is 30.3 Å². The number of carbonyl (C=O) groups is 3. The van der Waals surface area contributed by atoms with Gasteiger partial charge >= 0.3 is 0 Å². The molecule has 10 nitrogen and oxygen atoms in total. The van der Waals surface area contributed by atoms with Gasteiger partial charge in [0.05, 0.1) is 11.6 Å². The number of likely N-dealkylation sites (tertiary alicyclic amines) is 1. The van der Waals surface area contributed by atoms with Gasteiger partial charge in [-0.15, -0.1) is 0 Å². The topological polar surface area (TPSA) is 165 Å². The van der Waals surface area contributed by atoms with Gasteiger partial charge in [-0.2, -0.15) is 0 Å². The molecule has 2 unspecified atom stereocenters. The van der Waals surface area contributed by atoms with Crippen molar-refractivity contribution in [2.45, 2.75) is 43.9 Å². The molecule has 0 aromatic heterocycles. The molecule has 2 aromatic rings. The van der Waals surface area contributed by atoms with Gasteiger partial charge in [0.15, 0.2) is 11.4 Å². The summed E-state index contributed by atoms with van der Waals surface area (Å²) >= 11 is 0. The molecule has 3 aliphatic carbocycles. The van der Waals surface area contributed by atoms with Crippen LogP contribution in [0.15, 0.2) is 53.3 Å². The van der Waals surface area contributed by atoms with Crippen LogP contribution in [0.1, 0.15) is 36.0 Å². The van der Waals surface area contributed by atoms with Crippen LogP contribution in [0.2, 0.25) is 0 Å². The number of rotatable bonds is 5. The molecule has 6 rings (SSSR count). The molecule has 1 amide bonds. The van der Waals surface area contributed by atoms with Crippen LogP contribution >= 0.6 is 0 Å². The number of Topliss-reactive ketones (excluding diaryl/α,β-unsaturated/α-hetero) is 2. The molecule has 6 N–H and O–H groups in total. The third-order valence-electron chi connectivity index (χ3n) is 9.47. The first-order chi connectivity index (χ1) is 19.9. The average molecular weight is 574 g/mol. The summed E-state index contributed by atoms with van der Waals surface area (Å²) < 4.78 is 0. The lowest BCUT2D eigenvalue weighted by Crippen LogP contribution is -2.65. The number of hydrogen-bond donors (Lipinski definition) is 5. The van der Waals surface area contributed by atoms with Crippen molar-refractivity contribution in [1.82, 2.24) is 9.80 Å². The number of hydrogen-bond acceptors (Lipinski definition) is 9. The molecule has 0 bridgehead atoms. The zero-order valence-electron chi connectivity index (χ0n) is 23.6. The molecule has 42 heavy (non-hydrogen) atoms. The Morgan fingerprint density at radius 3 is 2.33 bits per heavy atom. The first kappa shape index (κ1) is 28.1. The Bertz CT molecular complexity index is 1570. The van der Waals surface area contributed by atoms with Gasteiger partial charge < -0.3 is 26.2 Å². The summed E-state index contributed by atoms with van der Waals surface area (Å²) in [5.41, 5.74) is 5.35. The summed E-state index contributed by atoms with van der Waals surface area (Å²) in [4.78, 5) is 43.3. The lowest BCUT2D eigenvalue weighted by atomic mass is 9.57. The number of amides is 1. The minimum Gasteiger partial charge on any atom is -0.508 e. The number of aliphatic hydroxyl groups is 3. The Morgan fingerprint density at radius 1 is 1.05 bits per heavy atom. The monoisotopic (exact) mass is 573 g/mol. The normalized spacial score (nSPS) is 27.8. The molecular weight excluding hydrogens is 538 g/mol. The molecule has 1 heterocycles. The number of phenolic OH excluding ortho intramolecular Hbond substituents is 1. The minimum atomic E-state index is -2.65. The molecule has 220 valence electrons. The second-order valence-electron chi connectivity index (χ2n) is 12.1. The highest BCUT2D eigenvalue weighted by molar-refractivity contribution is 6.24. The van der Waals surface area contributed by atoms with Gasteiger partial charge in [-0.25, -0.2) is 0 Å². The number of ketones is 2. The maximum Gasteiger partial charge on any atom is 0.255 e. The summed E-state index contributed by atoms with van der Waals surface area (Å²) in [6.45, 7) is 3.06. The van der Waals surface area contributed by atoms with Gasteiger partial charge in [0.25, 0.3) is 5.91 Å². The zero-order valence-corrected chi connectivity index (χ0v) is 23.6. The third kappa shape index (κ3) is 4.08. The number of aromatic hydroxyl groups is 1. The first-order valence-corrected chi connectivity index (χ1v) is 14.3. The van der Waals surface area contributed by atoms with Crippen LogP contribution in [0.25, 0.3) is 16.9 Å². The summed E-state index contributed by atoms with van der Waals surface area (Å²) in [6, 6.07) is 10.3. The molecule has 4 atom stereocenters. The number of nitrogens with zero attached hydrogens (tertiary/aromatic N) is 2. The fraction of sp³-hybridized carbons (Fsp3) is 0.406. The van der Waals surface area contributed by atoms with Crippen LogP contribution in [-0.2, 0) is 27.3 Å². The molecule has 10 heteroatoms. The van der Waals surface area contributed by atoms with E-state index in [1.165, 1.54) is 29.4 Å². The van der Waals surface area contributed by atoms with Crippen LogP contribution < -0.4 is 5.73 Å². The summed E-state index contributed by atoms with van der Waals surface area (Å²) in [5.74, 6) is -6.59. The van der Waals surface area contributed by atoms with Crippen LogP contribution in [-0.4, -0.2) is 86.5 Å². The maximum absolute atomic E-state index is 14.0. The number of primary amides is 1. The Labute approximate surface area is 243 Å². The summed E-state index contributed by atoms with van der Waals surface area (Å²) in [6.07, 6.45) is 2.72. The average Bonchev–Trinajstić information content (AvgIpc) is 3.44. The van der Waals surface area contributed by atoms with Crippen molar-refractivity contribution in [1.29, 1.82) is 0 Å². The highest BCUT2D eigenvalue weighted by atomic mass is 16.3. The van der Waals surface area contributed by atoms with Crippen LogP contribution in [0.5, 0.6) is 5.75 Å². The van der Waals surface area contributed by atoms with Crippen molar-refractivity contribution in [3.05, 3.63) is 70.0 Å². The third-order valence-corrected chi connectivity index (χ3v) is 9.47. The number of fused-ring (bicyclic) bond motifs is 3. The lowest BCUT2D eigenvalue weighted by molar-refractivity contribution is -0.153. The van der Waals surface area contributed by atoms with E-state index in [1.807, 2.05) is 12.1 Å². The van der Waals surface area contributed by atoms with E-state index >= 15 is 0 Å². The number of aliphatic hydroxyl groups excluding tert-OH is 2. The van der Waals surface area contributed by atoms with E-state index in [9.17, 15) is 34.8 Å². The quantitative estimate of drug-likeness (QED) is 0.337. The van der Waals surface area contributed by atoms with E-state index < -0.39 is 58.0 Å². The Morgan fingerprint density at radius 2 is 1.71 bits per heavy atom. The Balaban J connectivity index is 1.45. The molecular formula is C32H35N3O7. The minimum absolute atomic E-state index is 0.0512. The van der Waals surface area contributed by atoms with Gasteiger partial charge in [0.2, 0.25) is 5.78 Å². The van der Waals surface area contributed by atoms with Crippen molar-refractivity contribution in [3.63, 3.8) is 0 Å². The Kier molecular flexibility index (Phi) is 6.75. The van der Waals surface area contributed by atoms with E-state index in [2.05, 4.69) is 17.0 Å². The van der Waals surface area contributed by atoms with Crippen molar-refractivity contribution in [3.8, 4) is 16.9 Å². The van der Waals surface area contributed by atoms with E-state index in [1.54, 1.807) is 20.2 Å². The molecule has 2 aromatic carbocycles. The second-order valence-corrected chi connectivity index (χ2v) is 12.1. The standard InChI is InChI=1S/C32H35N3O7/c1-34(2)26-21-14-18-13-20-19(17-7-5-16(6-8-17)15-35-11-3-4-12-35)9-10-22(36)24(20)27(37)23(18)29(39)32(21,42)30(40)25(28(26)38)31(33)41/h5-10,18,21,26,36-37,40,42H,3-4,11-15H2,1-2H3,(H2,33,41)/t18-,21-,26?,32?/m0/s1. The SMILES string of the molecule is CN(C)C1C(=O)C(C(N)=O)=C(O)C2(O)C(=O)C3=C(O)c4c(O)ccc(-c5ccc(CN6CCCC6)cc5)c4C[C@H]3C[C@@H]12. The molecule has 0 spiro atoms. The van der Waals surface area contributed by atoms with E-state index in [-0.39, 0.29) is 29.7 Å². The molecule has 2 fully saturated rings. The highest BCUT2D eigenvalue weighted by Crippen LogP contribution is 2.53. The lowest BCUT2D eigenvalue weighted by Gasteiger charge is -2.50. The van der Waals surface area contributed by atoms with Gasteiger partial charge in [-0.05, 0) is 87.1 Å². The number of nitrogens with two attached hydrogens (primary N) is 1. The van der Waals surface area contributed by atoms with Gasteiger partial charge in [0.1, 0.15) is 22.8 Å². The highest BCUT2D eigenvalue weighted by Gasteiger charge is 2.64. The molecule has 1 saturated heterocycles. The summed E-state index contributed by atoms with van der Waals surface area (Å²) in [5, 5.41) is 45.1. The van der Waals surface area contributed by atoms with Crippen LogP contribution in [0, 0.1) is 11.8 Å². The van der Waals surface area contributed by atoms with Crippen LogP contribution in [0.3, 0.4) is 0 Å². The smallest absolute Gasteiger partial charge is 0.255 e. The van der Waals surface area contributed by atoms with E-state index in [0.29, 0.717) is 5.56 Å².